The Morgan fingerprint density at radius 3 is 1.56 bits per heavy atom. The standard InChI is InChI=1S/C20H25N3O2.Co.H2O/c24-19-9-3-1-7-17(19)15-22-13-5-11-21-12-6-14-23-16-18-8-2-4-10-20(18)25;;/h1-4,7-10,15-16,21,24-25H,5-6,11-14H2;;1H2. The molecule has 0 saturated carbocycles. The molecule has 7 heteroatoms. The van der Waals surface area contributed by atoms with Crippen molar-refractivity contribution in [1.82, 2.24) is 5.32 Å². The molecule has 0 fully saturated rings. The maximum absolute atomic E-state index is 9.61. The number of hydrogen-bond acceptors (Lipinski definition) is 5. The summed E-state index contributed by atoms with van der Waals surface area (Å²) in [6.45, 7) is 3.27. The molecular formula is C20H27CoN3O3. The molecule has 0 aliphatic carbocycles. The average molecular weight is 416 g/mol. The Bertz CT molecular complexity index is 649. The number of aliphatic imine (C=N–C) groups is 2. The van der Waals surface area contributed by atoms with Crippen molar-refractivity contribution in [3.05, 3.63) is 59.7 Å². The van der Waals surface area contributed by atoms with E-state index in [0.29, 0.717) is 0 Å². The first-order valence-electron chi connectivity index (χ1n) is 8.54. The second kappa shape index (κ2) is 14.9. The van der Waals surface area contributed by atoms with Crippen molar-refractivity contribution in [3.63, 3.8) is 0 Å². The Labute approximate surface area is 170 Å². The number of nitrogens with one attached hydrogen (secondary N) is 1. The molecule has 0 amide bonds. The summed E-state index contributed by atoms with van der Waals surface area (Å²) < 4.78 is 0. The van der Waals surface area contributed by atoms with E-state index in [4.69, 9.17) is 0 Å². The number of rotatable bonds is 10. The van der Waals surface area contributed by atoms with Crippen LogP contribution in [0.4, 0.5) is 0 Å². The second-order valence-electron chi connectivity index (χ2n) is 5.65. The summed E-state index contributed by atoms with van der Waals surface area (Å²) in [5.74, 6) is 0.516. The smallest absolute Gasteiger partial charge is 0.124 e. The number of benzene rings is 2. The van der Waals surface area contributed by atoms with Crippen LogP contribution in [-0.4, -0.2) is 54.3 Å². The van der Waals surface area contributed by atoms with Gasteiger partial charge in [-0.3, -0.25) is 9.98 Å². The molecule has 0 bridgehead atoms. The predicted molar refractivity (Wildman–Crippen MR) is 107 cm³/mol. The van der Waals surface area contributed by atoms with E-state index in [1.54, 1.807) is 36.7 Å². The molecule has 0 spiro atoms. The zero-order valence-corrected chi connectivity index (χ0v) is 16.2. The van der Waals surface area contributed by atoms with E-state index in [0.717, 1.165) is 50.1 Å². The molecule has 2 aromatic carbocycles. The van der Waals surface area contributed by atoms with Crippen molar-refractivity contribution in [2.75, 3.05) is 26.2 Å². The van der Waals surface area contributed by atoms with Crippen LogP contribution in [0.2, 0.25) is 0 Å². The van der Waals surface area contributed by atoms with Crippen molar-refractivity contribution in [3.8, 4) is 11.5 Å². The fraction of sp³-hybridized carbons (Fsp3) is 0.300. The minimum Gasteiger partial charge on any atom is -0.507 e. The van der Waals surface area contributed by atoms with Crippen LogP contribution < -0.4 is 5.32 Å². The van der Waals surface area contributed by atoms with Crippen molar-refractivity contribution < 1.29 is 32.5 Å². The molecule has 6 nitrogen and oxygen atoms in total. The Kier molecular flexibility index (Phi) is 13.7. The summed E-state index contributed by atoms with van der Waals surface area (Å²) in [7, 11) is 0. The molecule has 0 atom stereocenters. The Morgan fingerprint density at radius 1 is 0.741 bits per heavy atom. The zero-order valence-electron chi connectivity index (χ0n) is 15.1. The molecule has 0 unspecified atom stereocenters. The average Bonchev–Trinajstić information content (AvgIpc) is 2.62. The van der Waals surface area contributed by atoms with Crippen LogP contribution in [0.3, 0.4) is 0 Å². The summed E-state index contributed by atoms with van der Waals surface area (Å²) in [4.78, 5) is 8.64. The molecule has 5 N–H and O–H groups in total. The maximum atomic E-state index is 9.61. The molecule has 2 rings (SSSR count). The third-order valence-corrected chi connectivity index (χ3v) is 3.62. The van der Waals surface area contributed by atoms with E-state index in [1.165, 1.54) is 0 Å². The van der Waals surface area contributed by atoms with Crippen LogP contribution in [0.1, 0.15) is 24.0 Å². The summed E-state index contributed by atoms with van der Waals surface area (Å²) in [5, 5.41) is 22.6. The van der Waals surface area contributed by atoms with E-state index >= 15 is 0 Å². The Balaban J connectivity index is 0.00000338. The monoisotopic (exact) mass is 416 g/mol. The van der Waals surface area contributed by atoms with Gasteiger partial charge in [-0.2, -0.15) is 0 Å². The third-order valence-electron chi connectivity index (χ3n) is 3.62. The van der Waals surface area contributed by atoms with Crippen LogP contribution in [0.5, 0.6) is 11.5 Å². The topological polar surface area (TPSA) is 109 Å². The van der Waals surface area contributed by atoms with E-state index in [2.05, 4.69) is 15.3 Å². The summed E-state index contributed by atoms with van der Waals surface area (Å²) in [6, 6.07) is 14.3. The van der Waals surface area contributed by atoms with Gasteiger partial charge >= 0.3 is 0 Å². The van der Waals surface area contributed by atoms with Gasteiger partial charge in [-0.25, -0.2) is 0 Å². The zero-order chi connectivity index (χ0) is 17.7. The Morgan fingerprint density at radius 2 is 1.15 bits per heavy atom. The van der Waals surface area contributed by atoms with Gasteiger partial charge in [-0.15, -0.1) is 0 Å². The molecule has 2 aromatic rings. The number of phenols is 2. The van der Waals surface area contributed by atoms with Crippen molar-refractivity contribution in [1.29, 1.82) is 0 Å². The normalized spacial score (nSPS) is 10.7. The van der Waals surface area contributed by atoms with Gasteiger partial charge in [-0.1, -0.05) is 24.3 Å². The van der Waals surface area contributed by atoms with Gasteiger partial charge in [0.15, 0.2) is 0 Å². The van der Waals surface area contributed by atoms with Crippen molar-refractivity contribution in [2.24, 2.45) is 9.98 Å². The van der Waals surface area contributed by atoms with E-state index in [1.807, 2.05) is 24.3 Å². The predicted octanol–water partition coefficient (Wildman–Crippen LogP) is 2.18. The van der Waals surface area contributed by atoms with Crippen LogP contribution in [0, 0.1) is 0 Å². The molecular weight excluding hydrogens is 389 g/mol. The minimum atomic E-state index is 0. The van der Waals surface area contributed by atoms with Crippen LogP contribution in [0.15, 0.2) is 58.5 Å². The van der Waals surface area contributed by atoms with Crippen molar-refractivity contribution >= 4 is 12.4 Å². The first kappa shape index (κ1) is 24.8. The van der Waals surface area contributed by atoms with E-state index in [9.17, 15) is 10.2 Å². The van der Waals surface area contributed by atoms with Crippen molar-refractivity contribution in [2.45, 2.75) is 12.8 Å². The van der Waals surface area contributed by atoms with Gasteiger partial charge in [0.05, 0.1) is 0 Å². The molecule has 0 aliphatic rings. The Hall–Kier alpha value is -2.19. The second-order valence-corrected chi connectivity index (χ2v) is 5.65. The van der Waals surface area contributed by atoms with Gasteiger partial charge in [0, 0.05) is 53.4 Å². The third kappa shape index (κ3) is 9.91. The van der Waals surface area contributed by atoms with Crippen LogP contribution >= 0.6 is 0 Å². The van der Waals surface area contributed by atoms with Gasteiger partial charge in [0.2, 0.25) is 0 Å². The fourth-order valence-electron chi connectivity index (χ4n) is 2.23. The number of hydrogen-bond donors (Lipinski definition) is 3. The quantitative estimate of drug-likeness (QED) is 0.408. The van der Waals surface area contributed by atoms with Crippen LogP contribution in [0.25, 0.3) is 0 Å². The molecule has 149 valence electrons. The number of aromatic hydroxyl groups is 2. The first-order valence-corrected chi connectivity index (χ1v) is 8.54. The van der Waals surface area contributed by atoms with Gasteiger partial charge < -0.3 is 21.0 Å². The largest absolute Gasteiger partial charge is 0.507 e. The maximum Gasteiger partial charge on any atom is 0.124 e. The SMILES string of the molecule is O.Oc1ccccc1C=NCCCNCCCN=Cc1ccccc1O.[Co]. The molecule has 1 radical (unpaired) electrons. The molecule has 0 saturated heterocycles. The molecule has 0 aromatic heterocycles. The van der Waals surface area contributed by atoms with E-state index < -0.39 is 0 Å². The van der Waals surface area contributed by atoms with Gasteiger partial charge in [0.1, 0.15) is 11.5 Å². The summed E-state index contributed by atoms with van der Waals surface area (Å²) >= 11 is 0. The van der Waals surface area contributed by atoms with Gasteiger partial charge in [-0.05, 0) is 50.2 Å². The summed E-state index contributed by atoms with van der Waals surface area (Å²) in [5.41, 5.74) is 1.50. The van der Waals surface area contributed by atoms with Gasteiger partial charge in [0.25, 0.3) is 0 Å². The minimum absolute atomic E-state index is 0. The number of nitrogens with zero attached hydrogens (tertiary/aromatic N) is 2. The number of phenolic OH excluding ortho intramolecular Hbond substituents is 2. The molecule has 27 heavy (non-hydrogen) atoms. The first-order chi connectivity index (χ1) is 12.3. The summed E-state index contributed by atoms with van der Waals surface area (Å²) in [6.07, 6.45) is 5.32. The van der Waals surface area contributed by atoms with Crippen LogP contribution in [-0.2, 0) is 16.8 Å². The number of para-hydroxylation sites is 2. The van der Waals surface area contributed by atoms with E-state index in [-0.39, 0.29) is 33.8 Å². The molecule has 0 heterocycles. The molecule has 0 aliphatic heterocycles. The fourth-order valence-corrected chi connectivity index (χ4v) is 2.23.